The molecule has 11 heavy (non-hydrogen) atoms. The van der Waals surface area contributed by atoms with Crippen molar-refractivity contribution in [2.75, 3.05) is 13.2 Å². The number of halogens is 1. The first-order valence-electron chi connectivity index (χ1n) is 4.19. The quantitative estimate of drug-likeness (QED) is 0.512. The van der Waals surface area contributed by atoms with E-state index >= 15 is 0 Å². The normalized spacial score (nSPS) is 24.2. The number of alkyl halides is 1. The zero-order valence-electron chi connectivity index (χ0n) is 6.92. The number of hydrogen-bond donors (Lipinski definition) is 0. The zero-order valence-corrected chi connectivity index (χ0v) is 8.51. The van der Waals surface area contributed by atoms with Gasteiger partial charge in [0.25, 0.3) is 0 Å². The lowest BCUT2D eigenvalue weighted by Crippen LogP contribution is -2.13. The first kappa shape index (κ1) is 9.27. The summed E-state index contributed by atoms with van der Waals surface area (Å²) in [6.45, 7) is 4.01. The third-order valence-corrected chi connectivity index (χ3v) is 2.22. The molecule has 1 fully saturated rings. The molecule has 64 valence electrons. The molecule has 1 nitrogen and oxygen atoms in total. The van der Waals surface area contributed by atoms with Gasteiger partial charge in [0.2, 0.25) is 0 Å². The summed E-state index contributed by atoms with van der Waals surface area (Å²) in [4.78, 5) is 0.505. The van der Waals surface area contributed by atoms with E-state index in [9.17, 15) is 0 Å². The molecule has 1 rings (SSSR count). The highest BCUT2D eigenvalue weighted by Gasteiger charge is 2.09. The molecule has 0 N–H and O–H groups in total. The van der Waals surface area contributed by atoms with E-state index in [1.54, 1.807) is 0 Å². The van der Waals surface area contributed by atoms with Crippen LogP contribution < -0.4 is 0 Å². The molecule has 0 saturated carbocycles. The van der Waals surface area contributed by atoms with Crippen LogP contribution in [0.25, 0.3) is 0 Å². The van der Waals surface area contributed by atoms with Gasteiger partial charge in [-0.3, -0.25) is 0 Å². The largest absolute Gasteiger partial charge is 0.381 e. The second-order valence-electron chi connectivity index (χ2n) is 3.01. The Labute approximate surface area is 76.9 Å². The van der Waals surface area contributed by atoms with Gasteiger partial charge < -0.3 is 4.74 Å². The van der Waals surface area contributed by atoms with Crippen LogP contribution in [0, 0.1) is 5.92 Å². The first-order chi connectivity index (χ1) is 5.29. The van der Waals surface area contributed by atoms with Crippen LogP contribution in [-0.4, -0.2) is 18.0 Å². The molecule has 1 saturated heterocycles. The highest BCUT2D eigenvalue weighted by atomic mass is 79.9. The zero-order chi connectivity index (χ0) is 8.10. The van der Waals surface area contributed by atoms with Crippen LogP contribution in [0.5, 0.6) is 0 Å². The molecule has 1 aliphatic heterocycles. The third-order valence-electron chi connectivity index (χ3n) is 1.91. The molecule has 0 amide bonds. The van der Waals surface area contributed by atoms with E-state index in [0.717, 1.165) is 19.1 Å². The fourth-order valence-corrected chi connectivity index (χ4v) is 1.39. The third kappa shape index (κ3) is 3.92. The Morgan fingerprint density at radius 3 is 2.64 bits per heavy atom. The van der Waals surface area contributed by atoms with E-state index in [2.05, 4.69) is 35.0 Å². The van der Waals surface area contributed by atoms with Crippen LogP contribution >= 0.6 is 15.9 Å². The lowest BCUT2D eigenvalue weighted by Gasteiger charge is -2.18. The van der Waals surface area contributed by atoms with Gasteiger partial charge in [-0.15, -0.1) is 0 Å². The van der Waals surface area contributed by atoms with E-state index in [4.69, 9.17) is 4.74 Å². The number of ether oxygens (including phenoxy) is 1. The molecule has 1 aliphatic rings. The van der Waals surface area contributed by atoms with Crippen molar-refractivity contribution in [1.29, 1.82) is 0 Å². The molecule has 1 heterocycles. The Bertz CT molecular complexity index is 126. The van der Waals surface area contributed by atoms with Crippen LogP contribution in [-0.2, 0) is 4.74 Å². The molecular formula is C9H15BrO. The SMILES string of the molecule is CC(Br)/C=C/C1CCOCC1. The summed E-state index contributed by atoms with van der Waals surface area (Å²) in [6, 6.07) is 0. The Morgan fingerprint density at radius 1 is 1.45 bits per heavy atom. The molecule has 0 bridgehead atoms. The summed E-state index contributed by atoms with van der Waals surface area (Å²) in [7, 11) is 0. The molecule has 1 atom stereocenters. The van der Waals surface area contributed by atoms with Crippen molar-refractivity contribution in [3.05, 3.63) is 12.2 Å². The summed E-state index contributed by atoms with van der Waals surface area (Å²) < 4.78 is 5.26. The summed E-state index contributed by atoms with van der Waals surface area (Å²) in [5.41, 5.74) is 0. The number of hydrogen-bond acceptors (Lipinski definition) is 1. The van der Waals surface area contributed by atoms with Crippen molar-refractivity contribution in [2.24, 2.45) is 5.92 Å². The maximum atomic E-state index is 5.26. The summed E-state index contributed by atoms with van der Waals surface area (Å²) in [5.74, 6) is 0.753. The fourth-order valence-electron chi connectivity index (χ4n) is 1.22. The minimum atomic E-state index is 0.505. The summed E-state index contributed by atoms with van der Waals surface area (Å²) >= 11 is 3.48. The second kappa shape index (κ2) is 4.94. The van der Waals surface area contributed by atoms with E-state index in [0.29, 0.717) is 4.83 Å². The highest BCUT2D eigenvalue weighted by Crippen LogP contribution is 2.16. The van der Waals surface area contributed by atoms with E-state index in [1.165, 1.54) is 12.8 Å². The summed E-state index contributed by atoms with van der Waals surface area (Å²) in [6.07, 6.45) is 6.91. The van der Waals surface area contributed by atoms with Gasteiger partial charge in [-0.25, -0.2) is 0 Å². The Morgan fingerprint density at radius 2 is 2.09 bits per heavy atom. The topological polar surface area (TPSA) is 9.23 Å². The molecule has 1 unspecified atom stereocenters. The maximum absolute atomic E-state index is 5.26. The maximum Gasteiger partial charge on any atom is 0.0471 e. The van der Waals surface area contributed by atoms with Crippen molar-refractivity contribution in [1.82, 2.24) is 0 Å². The average Bonchev–Trinajstić information content (AvgIpc) is 2.03. The van der Waals surface area contributed by atoms with Gasteiger partial charge in [-0.05, 0) is 25.7 Å². The van der Waals surface area contributed by atoms with Gasteiger partial charge in [-0.2, -0.15) is 0 Å². The standard InChI is InChI=1S/C9H15BrO/c1-8(10)2-3-9-4-6-11-7-5-9/h2-3,8-9H,4-7H2,1H3/b3-2+. The fraction of sp³-hybridized carbons (Fsp3) is 0.778. The minimum absolute atomic E-state index is 0.505. The molecule has 0 aliphatic carbocycles. The van der Waals surface area contributed by atoms with Crippen molar-refractivity contribution < 1.29 is 4.74 Å². The molecule has 2 heteroatoms. The molecule has 0 spiro atoms. The van der Waals surface area contributed by atoms with Gasteiger partial charge >= 0.3 is 0 Å². The van der Waals surface area contributed by atoms with Crippen LogP contribution in [0.4, 0.5) is 0 Å². The van der Waals surface area contributed by atoms with Crippen molar-refractivity contribution in [3.63, 3.8) is 0 Å². The Hall–Kier alpha value is 0.180. The molecular weight excluding hydrogens is 204 g/mol. The predicted molar refractivity (Wildman–Crippen MR) is 51.1 cm³/mol. The lowest BCUT2D eigenvalue weighted by atomic mass is 10.00. The van der Waals surface area contributed by atoms with E-state index in [1.807, 2.05) is 0 Å². The molecule has 0 radical (unpaired) electrons. The minimum Gasteiger partial charge on any atom is -0.381 e. The van der Waals surface area contributed by atoms with Crippen molar-refractivity contribution in [3.8, 4) is 0 Å². The van der Waals surface area contributed by atoms with E-state index in [-0.39, 0.29) is 0 Å². The molecule has 0 aromatic carbocycles. The Balaban J connectivity index is 2.23. The molecule has 0 aromatic heterocycles. The molecule has 0 aromatic rings. The smallest absolute Gasteiger partial charge is 0.0471 e. The number of allylic oxidation sites excluding steroid dienone is 2. The average molecular weight is 219 g/mol. The van der Waals surface area contributed by atoms with E-state index < -0.39 is 0 Å². The predicted octanol–water partition coefficient (Wildman–Crippen LogP) is 2.75. The first-order valence-corrected chi connectivity index (χ1v) is 5.11. The van der Waals surface area contributed by atoms with Crippen LogP contribution in [0.15, 0.2) is 12.2 Å². The lowest BCUT2D eigenvalue weighted by molar-refractivity contribution is 0.0785. The van der Waals surface area contributed by atoms with Gasteiger partial charge in [0.1, 0.15) is 0 Å². The van der Waals surface area contributed by atoms with Gasteiger partial charge in [0.15, 0.2) is 0 Å². The van der Waals surface area contributed by atoms with Gasteiger partial charge in [-0.1, -0.05) is 28.1 Å². The van der Waals surface area contributed by atoms with Crippen LogP contribution in [0.2, 0.25) is 0 Å². The Kier molecular flexibility index (Phi) is 4.16. The van der Waals surface area contributed by atoms with Crippen LogP contribution in [0.3, 0.4) is 0 Å². The summed E-state index contributed by atoms with van der Waals surface area (Å²) in [5, 5.41) is 0. The monoisotopic (exact) mass is 218 g/mol. The van der Waals surface area contributed by atoms with Gasteiger partial charge in [0, 0.05) is 18.0 Å². The van der Waals surface area contributed by atoms with Gasteiger partial charge in [0.05, 0.1) is 0 Å². The highest BCUT2D eigenvalue weighted by molar-refractivity contribution is 9.09. The number of rotatable bonds is 2. The van der Waals surface area contributed by atoms with Crippen LogP contribution in [0.1, 0.15) is 19.8 Å². The second-order valence-corrected chi connectivity index (χ2v) is 4.46. The van der Waals surface area contributed by atoms with Crippen molar-refractivity contribution in [2.45, 2.75) is 24.6 Å². The van der Waals surface area contributed by atoms with Crippen molar-refractivity contribution >= 4 is 15.9 Å².